The molecule has 0 bridgehead atoms. The van der Waals surface area contributed by atoms with Crippen molar-refractivity contribution in [2.45, 2.75) is 18.7 Å². The van der Waals surface area contributed by atoms with Crippen molar-refractivity contribution in [1.29, 1.82) is 0 Å². The van der Waals surface area contributed by atoms with E-state index in [2.05, 4.69) is 10.5 Å². The topological polar surface area (TPSA) is 78.8 Å². The first kappa shape index (κ1) is 23.1. The fraction of sp³-hybridized carbons (Fsp3) is 0.130. The number of hydrazone groups is 1. The number of rotatable bonds is 7. The van der Waals surface area contributed by atoms with Crippen LogP contribution < -0.4 is 9.73 Å². The molecule has 0 aromatic heterocycles. The molecule has 0 heterocycles. The van der Waals surface area contributed by atoms with Crippen molar-refractivity contribution >= 4 is 27.3 Å². The summed E-state index contributed by atoms with van der Waals surface area (Å²) in [5.41, 5.74) is 3.82. The quantitative estimate of drug-likeness (QED) is 0.430. The standard InChI is InChI=1S/C23H21F2N3O3S/c1-16-7-13-20(14-8-16)32(30,31)28(22-6-4-3-5-21(22)25)15-23(29)27-26-17(2)18-9-11-19(24)12-10-18/h3-14H,15H2,1-2H3,(H,27,29)/b26-17-. The Morgan fingerprint density at radius 3 is 2.22 bits per heavy atom. The van der Waals surface area contributed by atoms with Gasteiger partial charge in [0, 0.05) is 0 Å². The van der Waals surface area contributed by atoms with Gasteiger partial charge in [-0.25, -0.2) is 22.6 Å². The number of benzene rings is 3. The molecule has 3 aromatic carbocycles. The maximum absolute atomic E-state index is 14.5. The van der Waals surface area contributed by atoms with E-state index in [9.17, 15) is 22.0 Å². The van der Waals surface area contributed by atoms with Crippen LogP contribution in [0.5, 0.6) is 0 Å². The lowest BCUT2D eigenvalue weighted by molar-refractivity contribution is -0.119. The second-order valence-corrected chi connectivity index (χ2v) is 8.88. The Bertz CT molecular complexity index is 1240. The van der Waals surface area contributed by atoms with E-state index in [1.54, 1.807) is 26.0 Å². The Morgan fingerprint density at radius 2 is 1.59 bits per heavy atom. The zero-order chi connectivity index (χ0) is 23.3. The van der Waals surface area contributed by atoms with Crippen LogP contribution in [0.1, 0.15) is 18.1 Å². The van der Waals surface area contributed by atoms with Gasteiger partial charge in [-0.2, -0.15) is 5.10 Å². The van der Waals surface area contributed by atoms with Crippen LogP contribution in [-0.4, -0.2) is 26.6 Å². The molecule has 166 valence electrons. The molecule has 9 heteroatoms. The van der Waals surface area contributed by atoms with Crippen molar-refractivity contribution in [1.82, 2.24) is 5.43 Å². The van der Waals surface area contributed by atoms with Gasteiger partial charge in [-0.05, 0) is 55.8 Å². The molecule has 0 aliphatic rings. The zero-order valence-corrected chi connectivity index (χ0v) is 18.2. The van der Waals surface area contributed by atoms with E-state index >= 15 is 0 Å². The lowest BCUT2D eigenvalue weighted by Crippen LogP contribution is -2.40. The lowest BCUT2D eigenvalue weighted by Gasteiger charge is -2.24. The number of aryl methyl sites for hydroxylation is 1. The van der Waals surface area contributed by atoms with Crippen LogP contribution in [0, 0.1) is 18.6 Å². The summed E-state index contributed by atoms with van der Waals surface area (Å²) < 4.78 is 54.7. The summed E-state index contributed by atoms with van der Waals surface area (Å²) in [7, 11) is -4.24. The molecule has 0 aliphatic carbocycles. The van der Waals surface area contributed by atoms with Gasteiger partial charge in [-0.1, -0.05) is 42.0 Å². The van der Waals surface area contributed by atoms with Gasteiger partial charge in [-0.3, -0.25) is 9.10 Å². The molecule has 0 saturated carbocycles. The summed E-state index contributed by atoms with van der Waals surface area (Å²) in [5.74, 6) is -1.97. The summed E-state index contributed by atoms with van der Waals surface area (Å²) in [6.45, 7) is 2.71. The molecular formula is C23H21F2N3O3S. The average molecular weight is 458 g/mol. The second kappa shape index (κ2) is 9.69. The number of hydrogen-bond acceptors (Lipinski definition) is 4. The van der Waals surface area contributed by atoms with Gasteiger partial charge < -0.3 is 0 Å². The number of halogens is 2. The SMILES string of the molecule is C/C(=N/NC(=O)CN(c1ccccc1F)S(=O)(=O)c1ccc(C)cc1)c1ccc(F)cc1. The number of nitrogens with one attached hydrogen (secondary N) is 1. The van der Waals surface area contributed by atoms with Gasteiger partial charge in [0.15, 0.2) is 0 Å². The number of sulfonamides is 1. The molecule has 0 unspecified atom stereocenters. The molecule has 0 spiro atoms. The van der Waals surface area contributed by atoms with Crippen LogP contribution in [0.25, 0.3) is 0 Å². The molecule has 0 radical (unpaired) electrons. The monoisotopic (exact) mass is 457 g/mol. The first-order chi connectivity index (χ1) is 15.2. The maximum Gasteiger partial charge on any atom is 0.264 e. The van der Waals surface area contributed by atoms with Crippen LogP contribution >= 0.6 is 0 Å². The average Bonchev–Trinajstić information content (AvgIpc) is 2.77. The van der Waals surface area contributed by atoms with Gasteiger partial charge >= 0.3 is 0 Å². The molecule has 3 aromatic rings. The molecule has 1 N–H and O–H groups in total. The number of nitrogens with zero attached hydrogens (tertiary/aromatic N) is 2. The van der Waals surface area contributed by atoms with E-state index in [0.29, 0.717) is 15.6 Å². The Labute approximate surface area is 185 Å². The van der Waals surface area contributed by atoms with E-state index in [4.69, 9.17) is 0 Å². The summed E-state index contributed by atoms with van der Waals surface area (Å²) in [5, 5.41) is 3.94. The third-order valence-corrected chi connectivity index (χ3v) is 6.40. The maximum atomic E-state index is 14.5. The van der Waals surface area contributed by atoms with E-state index in [1.165, 1.54) is 54.6 Å². The molecule has 6 nitrogen and oxygen atoms in total. The molecular weight excluding hydrogens is 436 g/mol. The Kier molecular flexibility index (Phi) is 6.99. The van der Waals surface area contributed by atoms with Crippen molar-refractivity contribution in [2.24, 2.45) is 5.10 Å². The largest absolute Gasteiger partial charge is 0.271 e. The fourth-order valence-corrected chi connectivity index (χ4v) is 4.29. The zero-order valence-electron chi connectivity index (χ0n) is 17.4. The second-order valence-electron chi connectivity index (χ2n) is 7.02. The van der Waals surface area contributed by atoms with E-state index in [0.717, 1.165) is 11.6 Å². The highest BCUT2D eigenvalue weighted by molar-refractivity contribution is 7.92. The van der Waals surface area contributed by atoms with Crippen LogP contribution in [0.15, 0.2) is 82.8 Å². The van der Waals surface area contributed by atoms with Gasteiger partial charge in [-0.15, -0.1) is 0 Å². The highest BCUT2D eigenvalue weighted by Crippen LogP contribution is 2.26. The van der Waals surface area contributed by atoms with Gasteiger partial charge in [0.1, 0.15) is 18.2 Å². The molecule has 1 amide bonds. The van der Waals surface area contributed by atoms with Crippen LogP contribution in [0.2, 0.25) is 0 Å². The molecule has 0 atom stereocenters. The van der Waals surface area contributed by atoms with Gasteiger partial charge in [0.25, 0.3) is 15.9 Å². The first-order valence-corrected chi connectivity index (χ1v) is 11.1. The van der Waals surface area contributed by atoms with Crippen molar-refractivity contribution in [3.05, 3.63) is 95.6 Å². The highest BCUT2D eigenvalue weighted by atomic mass is 32.2. The number of carbonyl (C=O) groups excluding carboxylic acids is 1. The lowest BCUT2D eigenvalue weighted by atomic mass is 10.1. The predicted molar refractivity (Wildman–Crippen MR) is 119 cm³/mol. The highest BCUT2D eigenvalue weighted by Gasteiger charge is 2.29. The minimum Gasteiger partial charge on any atom is -0.271 e. The van der Waals surface area contributed by atoms with Gasteiger partial charge in [0.2, 0.25) is 0 Å². The molecule has 0 fully saturated rings. The molecule has 0 saturated heterocycles. The van der Waals surface area contributed by atoms with Crippen LogP contribution in [0.3, 0.4) is 0 Å². The summed E-state index contributed by atoms with van der Waals surface area (Å²) >= 11 is 0. The summed E-state index contributed by atoms with van der Waals surface area (Å²) in [6.07, 6.45) is 0. The Balaban J connectivity index is 1.88. The summed E-state index contributed by atoms with van der Waals surface area (Å²) in [4.78, 5) is 12.5. The van der Waals surface area contributed by atoms with Crippen molar-refractivity contribution < 1.29 is 22.0 Å². The minimum atomic E-state index is -4.24. The van der Waals surface area contributed by atoms with E-state index < -0.39 is 34.1 Å². The normalized spacial score (nSPS) is 11.8. The van der Waals surface area contributed by atoms with Gasteiger partial charge in [0.05, 0.1) is 16.3 Å². The predicted octanol–water partition coefficient (Wildman–Crippen LogP) is 4.01. The fourth-order valence-electron chi connectivity index (χ4n) is 2.86. The number of para-hydroxylation sites is 1. The van der Waals surface area contributed by atoms with Crippen molar-refractivity contribution in [3.8, 4) is 0 Å². The third kappa shape index (κ3) is 5.36. The molecule has 0 aliphatic heterocycles. The minimum absolute atomic E-state index is 0.0786. The Morgan fingerprint density at radius 1 is 0.969 bits per heavy atom. The Hall–Kier alpha value is -3.59. The molecule has 32 heavy (non-hydrogen) atoms. The number of amides is 1. The number of hydrogen-bond donors (Lipinski definition) is 1. The van der Waals surface area contributed by atoms with Crippen molar-refractivity contribution in [2.75, 3.05) is 10.8 Å². The third-order valence-electron chi connectivity index (χ3n) is 4.63. The van der Waals surface area contributed by atoms with E-state index in [-0.39, 0.29) is 10.6 Å². The number of anilines is 1. The van der Waals surface area contributed by atoms with Crippen molar-refractivity contribution in [3.63, 3.8) is 0 Å². The summed E-state index contributed by atoms with van der Waals surface area (Å²) in [6, 6.07) is 16.8. The number of carbonyl (C=O) groups is 1. The van der Waals surface area contributed by atoms with E-state index in [1.807, 2.05) is 0 Å². The molecule has 3 rings (SSSR count). The first-order valence-electron chi connectivity index (χ1n) is 9.61. The van der Waals surface area contributed by atoms with Crippen LogP contribution in [-0.2, 0) is 14.8 Å². The van der Waals surface area contributed by atoms with Crippen LogP contribution in [0.4, 0.5) is 14.5 Å². The smallest absolute Gasteiger partial charge is 0.264 e.